The summed E-state index contributed by atoms with van der Waals surface area (Å²) in [5.41, 5.74) is 0. The van der Waals surface area contributed by atoms with Gasteiger partial charge in [0, 0.05) is 0 Å². The monoisotopic (exact) mass is 352 g/mol. The molecule has 0 fully saturated rings. The van der Waals surface area contributed by atoms with Gasteiger partial charge in [-0.2, -0.15) is 0 Å². The summed E-state index contributed by atoms with van der Waals surface area (Å²) in [4.78, 5) is 0. The first-order valence-electron chi connectivity index (χ1n) is 4.83. The van der Waals surface area contributed by atoms with Gasteiger partial charge in [0.25, 0.3) is 0 Å². The van der Waals surface area contributed by atoms with E-state index in [0.29, 0.717) is 5.75 Å². The average molecular weight is 354 g/mol. The minimum absolute atomic E-state index is 0.267. The molecular formula is C11H14Br2O3. The van der Waals surface area contributed by atoms with Crippen LogP contribution in [0.3, 0.4) is 0 Å². The molecule has 1 aromatic rings. The van der Waals surface area contributed by atoms with Gasteiger partial charge in [-0.25, -0.2) is 0 Å². The summed E-state index contributed by atoms with van der Waals surface area (Å²) >= 11 is 6.77. The predicted octanol–water partition coefficient (Wildman–Crippen LogP) is 3.37. The zero-order valence-electron chi connectivity index (χ0n) is 9.33. The first kappa shape index (κ1) is 13.8. The highest BCUT2D eigenvalue weighted by Crippen LogP contribution is 2.36. The third-order valence-corrected chi connectivity index (χ3v) is 3.44. The first-order chi connectivity index (χ1) is 7.45. The number of hydrogen-bond donors (Lipinski definition) is 1. The summed E-state index contributed by atoms with van der Waals surface area (Å²) in [6, 6.07) is 3.62. The molecule has 0 aliphatic heterocycles. The lowest BCUT2D eigenvalue weighted by Gasteiger charge is -2.19. The van der Waals surface area contributed by atoms with Gasteiger partial charge < -0.3 is 14.6 Å². The summed E-state index contributed by atoms with van der Waals surface area (Å²) in [5.74, 6) is 1.39. The van der Waals surface area contributed by atoms with Gasteiger partial charge in [0.15, 0.2) is 0 Å². The van der Waals surface area contributed by atoms with E-state index in [1.807, 2.05) is 19.1 Å². The van der Waals surface area contributed by atoms with Gasteiger partial charge >= 0.3 is 0 Å². The number of aliphatic hydroxyl groups is 1. The van der Waals surface area contributed by atoms with Crippen molar-refractivity contribution in [2.45, 2.75) is 26.1 Å². The van der Waals surface area contributed by atoms with Crippen molar-refractivity contribution in [1.29, 1.82) is 0 Å². The summed E-state index contributed by atoms with van der Waals surface area (Å²) < 4.78 is 12.4. The Labute approximate surface area is 112 Å². The Morgan fingerprint density at radius 2 is 1.62 bits per heavy atom. The van der Waals surface area contributed by atoms with Crippen molar-refractivity contribution >= 4 is 31.9 Å². The number of aliphatic hydroxyl groups excluding tert-OH is 1. The van der Waals surface area contributed by atoms with Crippen molar-refractivity contribution < 1.29 is 14.6 Å². The van der Waals surface area contributed by atoms with Crippen LogP contribution in [-0.4, -0.2) is 24.4 Å². The number of halogens is 2. The molecule has 90 valence electrons. The number of benzene rings is 1. The van der Waals surface area contributed by atoms with Crippen LogP contribution in [0.4, 0.5) is 0 Å². The number of ether oxygens (including phenoxy) is 2. The Hall–Kier alpha value is -0.260. The summed E-state index contributed by atoms with van der Waals surface area (Å²) in [6.45, 7) is 3.51. The zero-order chi connectivity index (χ0) is 12.3. The Morgan fingerprint density at radius 1 is 1.12 bits per heavy atom. The van der Waals surface area contributed by atoms with Gasteiger partial charge in [0.05, 0.1) is 22.2 Å². The molecule has 0 saturated carbocycles. The molecule has 0 radical (unpaired) electrons. The molecule has 1 rings (SSSR count). The number of rotatable bonds is 4. The SMILES string of the molecule is COc1cc(Br)c(OC(C)C(C)O)cc1Br. The van der Waals surface area contributed by atoms with E-state index in [4.69, 9.17) is 9.47 Å². The van der Waals surface area contributed by atoms with Gasteiger partial charge in [0.1, 0.15) is 17.6 Å². The van der Waals surface area contributed by atoms with E-state index < -0.39 is 6.10 Å². The van der Waals surface area contributed by atoms with Gasteiger partial charge in [0.2, 0.25) is 0 Å². The Balaban J connectivity index is 2.93. The highest BCUT2D eigenvalue weighted by Gasteiger charge is 2.14. The average Bonchev–Trinajstić information content (AvgIpc) is 2.22. The molecule has 2 unspecified atom stereocenters. The lowest BCUT2D eigenvalue weighted by Crippen LogP contribution is -2.25. The molecule has 1 N–H and O–H groups in total. The van der Waals surface area contributed by atoms with Crippen molar-refractivity contribution in [2.24, 2.45) is 0 Å². The maximum atomic E-state index is 9.37. The third-order valence-electron chi connectivity index (χ3n) is 2.20. The van der Waals surface area contributed by atoms with Gasteiger partial charge in [-0.3, -0.25) is 0 Å². The van der Waals surface area contributed by atoms with E-state index >= 15 is 0 Å². The van der Waals surface area contributed by atoms with Gasteiger partial charge in [-0.15, -0.1) is 0 Å². The van der Waals surface area contributed by atoms with Gasteiger partial charge in [-0.05, 0) is 57.8 Å². The molecule has 0 aliphatic rings. The molecule has 0 aliphatic carbocycles. The standard InChI is InChI=1S/C11H14Br2O3/c1-6(14)7(2)16-11-5-8(12)10(15-3)4-9(11)13/h4-7,14H,1-3H3. The molecule has 16 heavy (non-hydrogen) atoms. The van der Waals surface area contributed by atoms with Crippen molar-refractivity contribution in [3.8, 4) is 11.5 Å². The van der Waals surface area contributed by atoms with Crippen molar-refractivity contribution in [3.05, 3.63) is 21.1 Å². The molecule has 1 aromatic carbocycles. The van der Waals surface area contributed by atoms with Crippen LogP contribution in [0.1, 0.15) is 13.8 Å². The molecule has 2 atom stereocenters. The minimum atomic E-state index is -0.521. The fraction of sp³-hybridized carbons (Fsp3) is 0.455. The van der Waals surface area contributed by atoms with E-state index in [0.717, 1.165) is 14.7 Å². The van der Waals surface area contributed by atoms with Crippen LogP contribution in [0.2, 0.25) is 0 Å². The zero-order valence-corrected chi connectivity index (χ0v) is 12.5. The van der Waals surface area contributed by atoms with Crippen LogP contribution < -0.4 is 9.47 Å². The fourth-order valence-corrected chi connectivity index (χ4v) is 1.96. The van der Waals surface area contributed by atoms with Crippen LogP contribution in [0, 0.1) is 0 Å². The normalized spacial score (nSPS) is 14.4. The predicted molar refractivity (Wildman–Crippen MR) is 70.2 cm³/mol. The lowest BCUT2D eigenvalue weighted by molar-refractivity contribution is 0.0599. The van der Waals surface area contributed by atoms with Crippen LogP contribution in [0.25, 0.3) is 0 Å². The molecule has 0 spiro atoms. The van der Waals surface area contributed by atoms with E-state index in [1.165, 1.54) is 0 Å². The van der Waals surface area contributed by atoms with E-state index in [1.54, 1.807) is 14.0 Å². The number of hydrogen-bond acceptors (Lipinski definition) is 3. The van der Waals surface area contributed by atoms with E-state index in [2.05, 4.69) is 31.9 Å². The van der Waals surface area contributed by atoms with Crippen molar-refractivity contribution in [2.75, 3.05) is 7.11 Å². The second-order valence-electron chi connectivity index (χ2n) is 3.48. The molecule has 0 heterocycles. The van der Waals surface area contributed by atoms with Crippen molar-refractivity contribution in [3.63, 3.8) is 0 Å². The van der Waals surface area contributed by atoms with Crippen LogP contribution in [-0.2, 0) is 0 Å². The topological polar surface area (TPSA) is 38.7 Å². The molecule has 0 aromatic heterocycles. The summed E-state index contributed by atoms with van der Waals surface area (Å²) in [5, 5.41) is 9.37. The Morgan fingerprint density at radius 3 is 2.12 bits per heavy atom. The molecule has 0 bridgehead atoms. The van der Waals surface area contributed by atoms with E-state index in [-0.39, 0.29) is 6.10 Å². The molecule has 5 heteroatoms. The largest absolute Gasteiger partial charge is 0.496 e. The second-order valence-corrected chi connectivity index (χ2v) is 5.19. The molecular weight excluding hydrogens is 340 g/mol. The maximum Gasteiger partial charge on any atom is 0.135 e. The van der Waals surface area contributed by atoms with Gasteiger partial charge in [-0.1, -0.05) is 0 Å². The van der Waals surface area contributed by atoms with Crippen LogP contribution in [0.15, 0.2) is 21.1 Å². The maximum absolute atomic E-state index is 9.37. The quantitative estimate of drug-likeness (QED) is 0.901. The van der Waals surface area contributed by atoms with Crippen molar-refractivity contribution in [1.82, 2.24) is 0 Å². The second kappa shape index (κ2) is 5.89. The Kier molecular flexibility index (Phi) is 5.08. The molecule has 0 amide bonds. The van der Waals surface area contributed by atoms with Crippen LogP contribution >= 0.6 is 31.9 Å². The van der Waals surface area contributed by atoms with E-state index in [9.17, 15) is 5.11 Å². The lowest BCUT2D eigenvalue weighted by atomic mass is 10.2. The fourth-order valence-electron chi connectivity index (χ4n) is 1.06. The smallest absolute Gasteiger partial charge is 0.135 e. The van der Waals surface area contributed by atoms with Crippen LogP contribution in [0.5, 0.6) is 11.5 Å². The highest BCUT2D eigenvalue weighted by molar-refractivity contribution is 9.11. The minimum Gasteiger partial charge on any atom is -0.496 e. The first-order valence-corrected chi connectivity index (χ1v) is 6.42. The summed E-state index contributed by atoms with van der Waals surface area (Å²) in [7, 11) is 1.60. The summed E-state index contributed by atoms with van der Waals surface area (Å²) in [6.07, 6.45) is -0.788. The third kappa shape index (κ3) is 3.37. The number of methoxy groups -OCH3 is 1. The molecule has 0 saturated heterocycles. The highest BCUT2D eigenvalue weighted by atomic mass is 79.9. The Bertz CT molecular complexity index is 366. The molecule has 3 nitrogen and oxygen atoms in total.